The van der Waals surface area contributed by atoms with Crippen molar-refractivity contribution in [3.8, 4) is 27.9 Å². The van der Waals surface area contributed by atoms with Gasteiger partial charge in [0.15, 0.2) is 0 Å². The van der Waals surface area contributed by atoms with Gasteiger partial charge < -0.3 is 9.47 Å². The Morgan fingerprint density at radius 1 is 0.714 bits per heavy atom. The maximum atomic E-state index is 5.07. The van der Waals surface area contributed by atoms with Gasteiger partial charge in [-0.15, -0.1) is 0 Å². The molecule has 6 aromatic rings. The fraction of sp³-hybridized carbons (Fsp3) is 0.109. The van der Waals surface area contributed by atoms with Crippen molar-refractivity contribution in [1.29, 1.82) is 0 Å². The zero-order chi connectivity index (χ0) is 32.9. The van der Waals surface area contributed by atoms with Crippen LogP contribution < -0.4 is 0 Å². The predicted molar refractivity (Wildman–Crippen MR) is 204 cm³/mol. The second-order valence-electron chi connectivity index (χ2n) is 13.6. The van der Waals surface area contributed by atoms with Crippen molar-refractivity contribution >= 4 is 28.4 Å². The van der Waals surface area contributed by atoms with E-state index in [4.69, 9.17) is 11.6 Å². The molecule has 49 heavy (non-hydrogen) atoms. The minimum atomic E-state index is -0.544. The van der Waals surface area contributed by atoms with Crippen molar-refractivity contribution in [3.63, 3.8) is 0 Å². The fourth-order valence-corrected chi connectivity index (χ4v) is 9.07. The molecule has 2 aliphatic heterocycles. The van der Waals surface area contributed by atoms with E-state index in [1.54, 1.807) is 0 Å². The largest absolute Gasteiger partial charge is 0.351 e. The number of fused-ring (bicyclic) bond motifs is 12. The Hall–Kier alpha value is -5.93. The molecule has 10 rings (SSSR count). The number of para-hydroxylation sites is 1. The number of hydrogen-bond acceptors (Lipinski definition) is 2. The highest BCUT2D eigenvalue weighted by Gasteiger charge is 2.52. The lowest BCUT2D eigenvalue weighted by atomic mass is 9.64. The van der Waals surface area contributed by atoms with Gasteiger partial charge in [-0.05, 0) is 69.6 Å². The molecule has 3 nitrogen and oxygen atoms in total. The normalized spacial score (nSPS) is 19.3. The van der Waals surface area contributed by atoms with E-state index in [1.165, 1.54) is 66.8 Å². The molecule has 0 saturated heterocycles. The fourth-order valence-electron chi connectivity index (χ4n) is 9.07. The smallest absolute Gasteiger partial charge is 0.131 e. The highest BCUT2D eigenvalue weighted by Crippen LogP contribution is 2.62. The average molecular weight is 630 g/mol. The first kappa shape index (κ1) is 28.1. The second kappa shape index (κ2) is 10.3. The van der Waals surface area contributed by atoms with Gasteiger partial charge in [0.05, 0.1) is 34.4 Å². The van der Waals surface area contributed by atoms with Crippen LogP contribution in [0, 0.1) is 0 Å². The van der Waals surface area contributed by atoms with Gasteiger partial charge in [0.2, 0.25) is 0 Å². The summed E-state index contributed by atoms with van der Waals surface area (Å²) in [4.78, 5) is 7.36. The molecule has 2 aliphatic carbocycles. The third-order valence-electron chi connectivity index (χ3n) is 11.2. The Labute approximate surface area is 287 Å². The summed E-state index contributed by atoms with van der Waals surface area (Å²) >= 11 is 0. The van der Waals surface area contributed by atoms with Gasteiger partial charge in [0.25, 0.3) is 0 Å². The summed E-state index contributed by atoms with van der Waals surface area (Å²) in [7, 11) is 2.15. The van der Waals surface area contributed by atoms with Crippen LogP contribution in [0.2, 0.25) is 0 Å². The summed E-state index contributed by atoms with van der Waals surface area (Å²) in [6.07, 6.45) is 13.1. The lowest BCUT2D eigenvalue weighted by Crippen LogP contribution is -2.35. The summed E-state index contributed by atoms with van der Waals surface area (Å²) < 4.78 is 2.46. The first-order valence-electron chi connectivity index (χ1n) is 17.2. The zero-order valence-corrected chi connectivity index (χ0v) is 27.6. The van der Waals surface area contributed by atoms with E-state index >= 15 is 0 Å². The molecular weight excluding hydrogens is 595 g/mol. The van der Waals surface area contributed by atoms with Crippen molar-refractivity contribution in [3.05, 3.63) is 186 Å². The van der Waals surface area contributed by atoms with Crippen LogP contribution in [0.4, 0.5) is 0 Å². The molecule has 3 heteroatoms. The third kappa shape index (κ3) is 3.65. The van der Waals surface area contributed by atoms with Crippen LogP contribution in [0.15, 0.2) is 157 Å². The predicted octanol–water partition coefficient (Wildman–Crippen LogP) is 10.2. The van der Waals surface area contributed by atoms with Crippen molar-refractivity contribution in [2.24, 2.45) is 4.99 Å². The van der Waals surface area contributed by atoms with Crippen molar-refractivity contribution < 1.29 is 0 Å². The molecule has 234 valence electrons. The molecule has 0 saturated carbocycles. The highest BCUT2D eigenvalue weighted by molar-refractivity contribution is 6.05. The number of nitrogens with zero attached hydrogens (tertiary/aromatic N) is 3. The number of aliphatic imine (C=N–C) groups is 1. The summed E-state index contributed by atoms with van der Waals surface area (Å²) in [5, 5.41) is 1.24. The molecule has 0 bridgehead atoms. The summed E-state index contributed by atoms with van der Waals surface area (Å²) in [5.41, 5.74) is 15.3. The van der Waals surface area contributed by atoms with E-state index in [0.717, 1.165) is 17.0 Å². The first-order chi connectivity index (χ1) is 24.1. The van der Waals surface area contributed by atoms with Crippen LogP contribution in [0.1, 0.15) is 40.4 Å². The first-order valence-corrected chi connectivity index (χ1v) is 17.2. The van der Waals surface area contributed by atoms with E-state index in [9.17, 15) is 0 Å². The van der Waals surface area contributed by atoms with Crippen molar-refractivity contribution in [2.75, 3.05) is 7.05 Å². The number of hydrogen-bond donors (Lipinski definition) is 0. The second-order valence-corrected chi connectivity index (χ2v) is 13.6. The van der Waals surface area contributed by atoms with Crippen LogP contribution >= 0.6 is 0 Å². The van der Waals surface area contributed by atoms with Gasteiger partial charge in [0.1, 0.15) is 5.84 Å². The molecule has 0 fully saturated rings. The SMILES string of the molecule is C=C1c2c(/C=C\C)c3ccccc3n2-c2ccc(-c3ccc(C4=NC5C=CC=CC5N4C)cc3)cc2C12c1ccccc1-c1ccccc12. The van der Waals surface area contributed by atoms with Gasteiger partial charge in [-0.2, -0.15) is 0 Å². The minimum Gasteiger partial charge on any atom is -0.351 e. The van der Waals surface area contributed by atoms with Crippen LogP contribution in [-0.2, 0) is 5.41 Å². The maximum absolute atomic E-state index is 5.07. The van der Waals surface area contributed by atoms with E-state index in [1.807, 2.05) is 0 Å². The quantitative estimate of drug-likeness (QED) is 0.191. The zero-order valence-electron chi connectivity index (χ0n) is 27.6. The van der Waals surface area contributed by atoms with E-state index < -0.39 is 5.41 Å². The molecule has 2 atom stereocenters. The topological polar surface area (TPSA) is 20.5 Å². The molecule has 4 aliphatic rings. The van der Waals surface area contributed by atoms with Crippen molar-refractivity contribution in [1.82, 2.24) is 9.47 Å². The molecule has 0 radical (unpaired) electrons. The van der Waals surface area contributed by atoms with Gasteiger partial charge in [-0.1, -0.05) is 140 Å². The Morgan fingerprint density at radius 2 is 1.37 bits per heavy atom. The monoisotopic (exact) mass is 629 g/mol. The number of rotatable bonds is 3. The van der Waals surface area contributed by atoms with E-state index in [-0.39, 0.29) is 12.1 Å². The van der Waals surface area contributed by atoms with Crippen molar-refractivity contribution in [2.45, 2.75) is 24.4 Å². The standard InChI is InChI=1S/C46H35N3/c1-4-13-36-35-16-7-11-20-41(35)49-42-27-26-32(30-22-24-31(25-23-30)45-47-40-19-10-12-21-43(40)48(45)3)28-39(42)46(29(2)44(36)49)37-17-8-5-14-33(37)34-15-6-9-18-38(34)46/h4-28,40,43H,2H2,1,3H3/b13-4-. The molecule has 0 amide bonds. The number of amidine groups is 1. The lowest BCUT2D eigenvalue weighted by molar-refractivity contribution is 0.437. The third-order valence-corrected chi connectivity index (χ3v) is 11.2. The molecular formula is C46H35N3. The van der Waals surface area contributed by atoms with Crippen LogP contribution in [0.3, 0.4) is 0 Å². The molecule has 5 aromatic carbocycles. The summed E-state index contributed by atoms with van der Waals surface area (Å²) in [6.45, 7) is 7.14. The van der Waals surface area contributed by atoms with Gasteiger partial charge in [-0.25, -0.2) is 0 Å². The molecule has 2 unspecified atom stereocenters. The van der Waals surface area contributed by atoms with Gasteiger partial charge in [-0.3, -0.25) is 4.99 Å². The molecule has 1 spiro atoms. The summed E-state index contributed by atoms with van der Waals surface area (Å²) in [6, 6.07) is 43.1. The van der Waals surface area contributed by atoms with Crippen LogP contribution in [0.25, 0.3) is 50.5 Å². The Bertz CT molecular complexity index is 2450. The van der Waals surface area contributed by atoms with Gasteiger partial charge in [0, 0.05) is 23.6 Å². The van der Waals surface area contributed by atoms with E-state index in [0.29, 0.717) is 0 Å². The van der Waals surface area contributed by atoms with Crippen LogP contribution in [-0.4, -0.2) is 34.4 Å². The molecule has 3 heterocycles. The Morgan fingerprint density at radius 3 is 2.10 bits per heavy atom. The van der Waals surface area contributed by atoms with Crippen LogP contribution in [0.5, 0.6) is 0 Å². The molecule has 0 N–H and O–H groups in total. The average Bonchev–Trinajstić information content (AvgIpc) is 3.77. The molecule has 1 aromatic heterocycles. The van der Waals surface area contributed by atoms with Gasteiger partial charge >= 0.3 is 0 Å². The number of allylic oxidation sites excluding steroid dienone is 4. The number of benzene rings is 5. The Kier molecular flexibility index (Phi) is 5.90. The number of likely N-dealkylation sites (N-methyl/N-ethyl adjacent to an activating group) is 1. The summed E-state index contributed by atoms with van der Waals surface area (Å²) in [5.74, 6) is 1.04. The highest BCUT2D eigenvalue weighted by atomic mass is 15.3. The number of aromatic nitrogens is 1. The maximum Gasteiger partial charge on any atom is 0.131 e. The Balaban J connectivity index is 1.21. The minimum absolute atomic E-state index is 0.176. The van der Waals surface area contributed by atoms with E-state index in [2.05, 4.69) is 175 Å². The lowest BCUT2D eigenvalue weighted by Gasteiger charge is -2.41.